The van der Waals surface area contributed by atoms with Crippen LogP contribution in [-0.4, -0.2) is 34.7 Å². The van der Waals surface area contributed by atoms with E-state index in [4.69, 9.17) is 4.74 Å². The lowest BCUT2D eigenvalue weighted by Crippen LogP contribution is -2.30. The van der Waals surface area contributed by atoms with Gasteiger partial charge in [0.25, 0.3) is 5.91 Å². The van der Waals surface area contributed by atoms with Crippen molar-refractivity contribution in [2.24, 2.45) is 0 Å². The van der Waals surface area contributed by atoms with Crippen molar-refractivity contribution in [2.45, 2.75) is 18.2 Å². The number of carbonyl (C=O) groups excluding carboxylic acids is 1. The number of aromatic amines is 1. The summed E-state index contributed by atoms with van der Waals surface area (Å²) in [7, 11) is 1.43. The van der Waals surface area contributed by atoms with E-state index in [1.54, 1.807) is 0 Å². The lowest BCUT2D eigenvalue weighted by molar-refractivity contribution is -0.131. The van der Waals surface area contributed by atoms with Gasteiger partial charge < -0.3 is 10.1 Å². The summed E-state index contributed by atoms with van der Waals surface area (Å²) in [6.07, 6.45) is -0.785. The smallest absolute Gasteiger partial charge is 0.257 e. The van der Waals surface area contributed by atoms with Crippen LogP contribution in [-0.2, 0) is 9.53 Å². The lowest BCUT2D eigenvalue weighted by Gasteiger charge is -2.10. The molecule has 1 aromatic heterocycles. The minimum Gasteiger partial charge on any atom is -0.364 e. The number of H-pyrrole nitrogens is 1. The fourth-order valence-electron chi connectivity index (χ4n) is 0.980. The largest absolute Gasteiger partial charge is 0.364 e. The van der Waals surface area contributed by atoms with Gasteiger partial charge in [0, 0.05) is 13.7 Å². The van der Waals surface area contributed by atoms with Crippen LogP contribution in [0.25, 0.3) is 0 Å². The predicted octanol–water partition coefficient (Wildman–Crippen LogP) is -0.0830. The monoisotopic (exact) mass is 216 g/mol. The number of hydrogen-bond acceptors (Lipinski definition) is 5. The zero-order chi connectivity index (χ0) is 10.6. The lowest BCUT2D eigenvalue weighted by atomic mass is 10.3. The number of thiol groups is 1. The summed E-state index contributed by atoms with van der Waals surface area (Å²) in [5, 5.41) is 9.29. The minimum atomic E-state index is -0.785. The topological polar surface area (TPSA) is 79.9 Å². The van der Waals surface area contributed by atoms with Gasteiger partial charge in [0.15, 0.2) is 17.1 Å². The maximum absolute atomic E-state index is 11.4. The summed E-state index contributed by atoms with van der Waals surface area (Å²) in [5.74, 6) is 0.0192. The van der Waals surface area contributed by atoms with Gasteiger partial charge in [-0.2, -0.15) is 5.10 Å². The molecule has 1 aromatic rings. The highest BCUT2D eigenvalue weighted by molar-refractivity contribution is 7.80. The molecular formula is C7H12N4O2S. The van der Waals surface area contributed by atoms with Crippen molar-refractivity contribution < 1.29 is 9.53 Å². The molecular weight excluding hydrogens is 204 g/mol. The van der Waals surface area contributed by atoms with Crippen molar-refractivity contribution in [3.63, 3.8) is 0 Å². The van der Waals surface area contributed by atoms with Crippen LogP contribution in [0.1, 0.15) is 18.9 Å². The number of hydrogen-bond donors (Lipinski definition) is 3. The summed E-state index contributed by atoms with van der Waals surface area (Å²) >= 11 is 3.94. The highest BCUT2D eigenvalue weighted by Crippen LogP contribution is 2.12. The number of methoxy groups -OCH3 is 1. The predicted molar refractivity (Wildman–Crippen MR) is 52.1 cm³/mol. The minimum absolute atomic E-state index is 0.262. The van der Waals surface area contributed by atoms with Crippen molar-refractivity contribution in [3.8, 4) is 0 Å². The Morgan fingerprint density at radius 1 is 1.79 bits per heavy atom. The van der Waals surface area contributed by atoms with Crippen molar-refractivity contribution in [3.05, 3.63) is 5.82 Å². The van der Waals surface area contributed by atoms with E-state index in [2.05, 4.69) is 33.1 Å². The number of amides is 1. The van der Waals surface area contributed by atoms with Crippen LogP contribution in [0.2, 0.25) is 0 Å². The van der Waals surface area contributed by atoms with Gasteiger partial charge >= 0.3 is 0 Å². The number of aromatic nitrogens is 3. The summed E-state index contributed by atoms with van der Waals surface area (Å²) < 4.78 is 4.97. The number of nitrogens with zero attached hydrogens (tertiary/aromatic N) is 2. The molecule has 0 fully saturated rings. The third-order valence-electron chi connectivity index (χ3n) is 1.55. The maximum Gasteiger partial charge on any atom is 0.257 e. The van der Waals surface area contributed by atoms with Crippen LogP contribution in [0.15, 0.2) is 5.16 Å². The number of ether oxygens (including phenoxy) is 1. The second-order valence-electron chi connectivity index (χ2n) is 2.53. The van der Waals surface area contributed by atoms with E-state index in [1.165, 1.54) is 7.11 Å². The highest BCUT2D eigenvalue weighted by Gasteiger charge is 2.23. The van der Waals surface area contributed by atoms with Crippen LogP contribution >= 0.6 is 12.6 Å². The third kappa shape index (κ3) is 2.46. The Bertz CT molecular complexity index is 314. The Labute approximate surface area is 86.9 Å². The van der Waals surface area contributed by atoms with Crippen molar-refractivity contribution in [1.29, 1.82) is 0 Å². The van der Waals surface area contributed by atoms with Crippen LogP contribution in [0.4, 0.5) is 0 Å². The Morgan fingerprint density at radius 2 is 2.50 bits per heavy atom. The maximum atomic E-state index is 11.4. The molecule has 6 nitrogen and oxygen atoms in total. The first-order valence-corrected chi connectivity index (χ1v) is 4.55. The van der Waals surface area contributed by atoms with Gasteiger partial charge in [0.05, 0.1) is 0 Å². The molecule has 0 radical (unpaired) electrons. The SMILES string of the molecule is CCNC(=O)C(OC)c1n[nH]c(S)n1. The standard InChI is InChI=1S/C7H12N4O2S/c1-3-8-6(12)4(13-2)5-9-7(14)11-10-5/h4H,3H2,1-2H3,(H,8,12)(H2,9,10,11,14). The molecule has 0 aliphatic heterocycles. The van der Waals surface area contributed by atoms with E-state index in [9.17, 15) is 4.79 Å². The molecule has 2 N–H and O–H groups in total. The molecule has 7 heteroatoms. The zero-order valence-corrected chi connectivity index (χ0v) is 8.84. The molecule has 0 spiro atoms. The molecule has 0 aliphatic rings. The van der Waals surface area contributed by atoms with E-state index < -0.39 is 6.10 Å². The molecule has 0 saturated heterocycles. The first-order chi connectivity index (χ1) is 6.69. The Hall–Kier alpha value is -1.08. The molecule has 0 aromatic carbocycles. The first-order valence-electron chi connectivity index (χ1n) is 4.10. The van der Waals surface area contributed by atoms with Gasteiger partial charge in [-0.1, -0.05) is 0 Å². The Kier molecular flexibility index (Phi) is 3.90. The molecule has 78 valence electrons. The number of nitrogens with one attached hydrogen (secondary N) is 2. The van der Waals surface area contributed by atoms with E-state index >= 15 is 0 Å². The molecule has 1 unspecified atom stereocenters. The van der Waals surface area contributed by atoms with E-state index in [-0.39, 0.29) is 11.7 Å². The Balaban J connectivity index is 2.76. The molecule has 1 heterocycles. The van der Waals surface area contributed by atoms with Crippen LogP contribution < -0.4 is 5.32 Å². The quantitative estimate of drug-likeness (QED) is 0.615. The average Bonchev–Trinajstić information content (AvgIpc) is 2.54. The van der Waals surface area contributed by atoms with E-state index in [0.29, 0.717) is 11.7 Å². The zero-order valence-electron chi connectivity index (χ0n) is 7.94. The fraction of sp³-hybridized carbons (Fsp3) is 0.571. The van der Waals surface area contributed by atoms with Gasteiger partial charge in [0.2, 0.25) is 0 Å². The molecule has 1 amide bonds. The molecule has 1 rings (SSSR count). The van der Waals surface area contributed by atoms with E-state index in [1.807, 2.05) is 6.92 Å². The summed E-state index contributed by atoms with van der Waals surface area (Å²) in [6, 6.07) is 0. The van der Waals surface area contributed by atoms with Crippen LogP contribution in [0.3, 0.4) is 0 Å². The van der Waals surface area contributed by atoms with Gasteiger partial charge in [0.1, 0.15) is 0 Å². The van der Waals surface area contributed by atoms with Crippen LogP contribution in [0, 0.1) is 0 Å². The highest BCUT2D eigenvalue weighted by atomic mass is 32.1. The fourth-order valence-corrected chi connectivity index (χ4v) is 1.13. The third-order valence-corrected chi connectivity index (χ3v) is 1.75. The normalized spacial score (nSPS) is 12.5. The van der Waals surface area contributed by atoms with Crippen molar-refractivity contribution >= 4 is 18.5 Å². The van der Waals surface area contributed by atoms with Crippen LogP contribution in [0.5, 0.6) is 0 Å². The van der Waals surface area contributed by atoms with Gasteiger partial charge in [-0.3, -0.25) is 9.89 Å². The molecule has 0 saturated carbocycles. The first kappa shape index (κ1) is 11.0. The number of likely N-dealkylation sites (N-methyl/N-ethyl adjacent to an activating group) is 1. The molecule has 14 heavy (non-hydrogen) atoms. The number of rotatable bonds is 4. The average molecular weight is 216 g/mol. The van der Waals surface area contributed by atoms with Crippen molar-refractivity contribution in [2.75, 3.05) is 13.7 Å². The van der Waals surface area contributed by atoms with E-state index in [0.717, 1.165) is 0 Å². The number of carbonyl (C=O) groups is 1. The van der Waals surface area contributed by atoms with Gasteiger partial charge in [-0.15, -0.1) is 12.6 Å². The van der Waals surface area contributed by atoms with Gasteiger partial charge in [-0.25, -0.2) is 4.98 Å². The summed E-state index contributed by atoms with van der Waals surface area (Å²) in [4.78, 5) is 15.3. The second-order valence-corrected chi connectivity index (χ2v) is 2.95. The summed E-state index contributed by atoms with van der Waals surface area (Å²) in [5.41, 5.74) is 0. The van der Waals surface area contributed by atoms with Gasteiger partial charge in [-0.05, 0) is 6.92 Å². The van der Waals surface area contributed by atoms with Crippen molar-refractivity contribution in [1.82, 2.24) is 20.5 Å². The molecule has 0 bridgehead atoms. The molecule has 0 aliphatic carbocycles. The molecule has 1 atom stereocenters. The Morgan fingerprint density at radius 3 is 2.93 bits per heavy atom. The summed E-state index contributed by atoms with van der Waals surface area (Å²) in [6.45, 7) is 2.36. The second kappa shape index (κ2) is 4.97.